The Labute approximate surface area is 80.4 Å². The van der Waals surface area contributed by atoms with Crippen LogP contribution in [0.1, 0.15) is 5.69 Å². The molecule has 0 aromatic carbocycles. The van der Waals surface area contributed by atoms with Gasteiger partial charge in [0.15, 0.2) is 12.2 Å². The predicted octanol–water partition coefficient (Wildman–Crippen LogP) is 2.70. The molecule has 2 rings (SSSR count). The quantitative estimate of drug-likeness (QED) is 0.701. The molecular weight excluding hydrogens is 188 g/mol. The molecule has 2 aromatic heterocycles. The van der Waals surface area contributed by atoms with Gasteiger partial charge in [0.05, 0.1) is 16.9 Å². The molecule has 0 saturated heterocycles. The van der Waals surface area contributed by atoms with E-state index in [2.05, 4.69) is 9.97 Å². The van der Waals surface area contributed by atoms with Crippen LogP contribution < -0.4 is 0 Å². The summed E-state index contributed by atoms with van der Waals surface area (Å²) in [7, 11) is 0. The summed E-state index contributed by atoms with van der Waals surface area (Å²) >= 11 is 5.91. The lowest BCUT2D eigenvalue weighted by Gasteiger charge is -1.98. The van der Waals surface area contributed by atoms with Crippen molar-refractivity contribution in [3.63, 3.8) is 0 Å². The fourth-order valence-electron chi connectivity index (χ4n) is 0.999. The van der Waals surface area contributed by atoms with Crippen molar-refractivity contribution in [3.05, 3.63) is 35.6 Å². The maximum atomic E-state index is 5.91. The Kier molecular flexibility index (Phi) is 2.02. The molecule has 13 heavy (non-hydrogen) atoms. The van der Waals surface area contributed by atoms with Gasteiger partial charge in [0, 0.05) is 11.8 Å². The fraction of sp³-hybridized carbons (Fsp3) is 0.111. The third kappa shape index (κ3) is 1.55. The van der Waals surface area contributed by atoms with Gasteiger partial charge in [0.2, 0.25) is 0 Å². The van der Waals surface area contributed by atoms with E-state index in [9.17, 15) is 0 Å². The Morgan fingerprint density at radius 3 is 2.85 bits per heavy atom. The summed E-state index contributed by atoms with van der Waals surface area (Å²) in [6.07, 6.45) is 4.72. The molecular formula is C9H7ClN2O. The SMILES string of the molecule is Cc1ncc(-c2cnco2)cc1Cl. The van der Waals surface area contributed by atoms with E-state index in [1.807, 2.05) is 13.0 Å². The van der Waals surface area contributed by atoms with Crippen molar-refractivity contribution < 1.29 is 4.42 Å². The molecule has 2 heterocycles. The van der Waals surface area contributed by atoms with E-state index in [0.29, 0.717) is 10.8 Å². The number of nitrogens with zero attached hydrogens (tertiary/aromatic N) is 2. The second kappa shape index (κ2) is 3.18. The van der Waals surface area contributed by atoms with Gasteiger partial charge in [-0.3, -0.25) is 4.98 Å². The first kappa shape index (κ1) is 8.26. The number of aryl methyl sites for hydroxylation is 1. The van der Waals surface area contributed by atoms with Crippen molar-refractivity contribution in [1.29, 1.82) is 0 Å². The lowest BCUT2D eigenvalue weighted by molar-refractivity contribution is 0.571. The average molecular weight is 195 g/mol. The predicted molar refractivity (Wildman–Crippen MR) is 49.5 cm³/mol. The molecule has 0 unspecified atom stereocenters. The molecule has 0 atom stereocenters. The van der Waals surface area contributed by atoms with Gasteiger partial charge in [-0.15, -0.1) is 0 Å². The van der Waals surface area contributed by atoms with Crippen molar-refractivity contribution in [3.8, 4) is 11.3 Å². The summed E-state index contributed by atoms with van der Waals surface area (Å²) < 4.78 is 5.10. The van der Waals surface area contributed by atoms with Gasteiger partial charge in [-0.2, -0.15) is 0 Å². The number of hydrogen-bond acceptors (Lipinski definition) is 3. The maximum Gasteiger partial charge on any atom is 0.181 e. The molecule has 0 saturated carbocycles. The molecule has 0 spiro atoms. The van der Waals surface area contributed by atoms with Crippen molar-refractivity contribution in [2.75, 3.05) is 0 Å². The molecule has 0 aliphatic heterocycles. The first-order chi connectivity index (χ1) is 6.27. The summed E-state index contributed by atoms with van der Waals surface area (Å²) in [5.74, 6) is 0.675. The maximum absolute atomic E-state index is 5.91. The minimum Gasteiger partial charge on any atom is -0.443 e. The lowest BCUT2D eigenvalue weighted by Crippen LogP contribution is -1.83. The monoisotopic (exact) mass is 194 g/mol. The van der Waals surface area contributed by atoms with E-state index in [0.717, 1.165) is 11.3 Å². The van der Waals surface area contributed by atoms with Crippen molar-refractivity contribution >= 4 is 11.6 Å². The zero-order valence-electron chi connectivity index (χ0n) is 6.99. The van der Waals surface area contributed by atoms with Gasteiger partial charge < -0.3 is 4.42 Å². The molecule has 0 amide bonds. The summed E-state index contributed by atoms with van der Waals surface area (Å²) in [4.78, 5) is 7.93. The van der Waals surface area contributed by atoms with Crippen LogP contribution in [0.15, 0.2) is 29.3 Å². The Balaban J connectivity index is 2.49. The van der Waals surface area contributed by atoms with E-state index in [1.54, 1.807) is 12.4 Å². The Morgan fingerprint density at radius 1 is 1.38 bits per heavy atom. The largest absolute Gasteiger partial charge is 0.443 e. The van der Waals surface area contributed by atoms with Gasteiger partial charge >= 0.3 is 0 Å². The third-order valence-corrected chi connectivity index (χ3v) is 2.12. The minimum absolute atomic E-state index is 0.633. The van der Waals surface area contributed by atoms with Crippen LogP contribution in [0.5, 0.6) is 0 Å². The van der Waals surface area contributed by atoms with Crippen molar-refractivity contribution in [2.45, 2.75) is 6.92 Å². The molecule has 0 aliphatic carbocycles. The normalized spacial score (nSPS) is 10.3. The number of aromatic nitrogens is 2. The zero-order valence-corrected chi connectivity index (χ0v) is 7.75. The Hall–Kier alpha value is -1.35. The standard InChI is InChI=1S/C9H7ClN2O/c1-6-8(10)2-7(3-12-6)9-4-11-5-13-9/h2-5H,1H3. The van der Waals surface area contributed by atoms with E-state index >= 15 is 0 Å². The fourth-order valence-corrected chi connectivity index (χ4v) is 1.17. The van der Waals surface area contributed by atoms with Crippen LogP contribution in [0, 0.1) is 6.92 Å². The smallest absolute Gasteiger partial charge is 0.181 e. The summed E-state index contributed by atoms with van der Waals surface area (Å²) in [5, 5.41) is 0.633. The molecule has 0 radical (unpaired) electrons. The zero-order chi connectivity index (χ0) is 9.26. The first-order valence-corrected chi connectivity index (χ1v) is 4.16. The number of pyridine rings is 1. The van der Waals surface area contributed by atoms with E-state index in [4.69, 9.17) is 16.0 Å². The number of rotatable bonds is 1. The highest BCUT2D eigenvalue weighted by molar-refractivity contribution is 6.31. The van der Waals surface area contributed by atoms with Crippen LogP contribution in [-0.4, -0.2) is 9.97 Å². The van der Waals surface area contributed by atoms with Gasteiger partial charge in [-0.25, -0.2) is 4.98 Å². The molecule has 3 nitrogen and oxygen atoms in total. The highest BCUT2D eigenvalue weighted by Crippen LogP contribution is 2.22. The van der Waals surface area contributed by atoms with Crippen LogP contribution in [0.25, 0.3) is 11.3 Å². The van der Waals surface area contributed by atoms with E-state index in [1.165, 1.54) is 6.39 Å². The highest BCUT2D eigenvalue weighted by atomic mass is 35.5. The number of halogens is 1. The van der Waals surface area contributed by atoms with Crippen LogP contribution in [0.3, 0.4) is 0 Å². The Morgan fingerprint density at radius 2 is 2.23 bits per heavy atom. The topological polar surface area (TPSA) is 38.9 Å². The van der Waals surface area contributed by atoms with E-state index < -0.39 is 0 Å². The molecule has 2 aromatic rings. The lowest BCUT2D eigenvalue weighted by atomic mass is 10.2. The number of hydrogen-bond donors (Lipinski definition) is 0. The third-order valence-electron chi connectivity index (χ3n) is 1.74. The molecule has 66 valence electrons. The van der Waals surface area contributed by atoms with Gasteiger partial charge in [-0.1, -0.05) is 11.6 Å². The number of oxazole rings is 1. The first-order valence-electron chi connectivity index (χ1n) is 3.78. The molecule has 0 bridgehead atoms. The summed E-state index contributed by atoms with van der Waals surface area (Å²) in [6.45, 7) is 1.85. The molecule has 4 heteroatoms. The molecule has 0 N–H and O–H groups in total. The van der Waals surface area contributed by atoms with E-state index in [-0.39, 0.29) is 0 Å². The highest BCUT2D eigenvalue weighted by Gasteiger charge is 2.03. The second-order valence-electron chi connectivity index (χ2n) is 2.66. The van der Waals surface area contributed by atoms with Gasteiger partial charge in [0.25, 0.3) is 0 Å². The minimum atomic E-state index is 0.633. The second-order valence-corrected chi connectivity index (χ2v) is 3.06. The van der Waals surface area contributed by atoms with Crippen LogP contribution >= 0.6 is 11.6 Å². The van der Waals surface area contributed by atoms with Crippen LogP contribution in [0.2, 0.25) is 5.02 Å². The van der Waals surface area contributed by atoms with Crippen molar-refractivity contribution in [1.82, 2.24) is 9.97 Å². The van der Waals surface area contributed by atoms with Crippen LogP contribution in [0.4, 0.5) is 0 Å². The average Bonchev–Trinajstić information content (AvgIpc) is 2.62. The summed E-state index contributed by atoms with van der Waals surface area (Å²) in [6, 6.07) is 1.81. The molecule has 0 aliphatic rings. The van der Waals surface area contributed by atoms with Crippen LogP contribution in [-0.2, 0) is 0 Å². The van der Waals surface area contributed by atoms with Crippen molar-refractivity contribution in [2.24, 2.45) is 0 Å². The van der Waals surface area contributed by atoms with Gasteiger partial charge in [0.1, 0.15) is 0 Å². The summed E-state index contributed by atoms with van der Waals surface area (Å²) in [5.41, 5.74) is 1.65. The van der Waals surface area contributed by atoms with Gasteiger partial charge in [-0.05, 0) is 13.0 Å². The molecule has 0 fully saturated rings. The Bertz CT molecular complexity index is 412.